The Morgan fingerprint density at radius 2 is 1.96 bits per heavy atom. The fraction of sp³-hybridized carbons (Fsp3) is 0.211. The fourth-order valence-electron chi connectivity index (χ4n) is 3.08. The zero-order valence-corrected chi connectivity index (χ0v) is 14.6. The van der Waals surface area contributed by atoms with Crippen LogP contribution in [0, 0.1) is 0 Å². The first-order valence-corrected chi connectivity index (χ1v) is 8.67. The van der Waals surface area contributed by atoms with Crippen LogP contribution in [0.5, 0.6) is 0 Å². The van der Waals surface area contributed by atoms with Gasteiger partial charge in [0.2, 0.25) is 0 Å². The third-order valence-electron chi connectivity index (χ3n) is 4.20. The molecule has 2 heterocycles. The van der Waals surface area contributed by atoms with E-state index in [1.54, 1.807) is 4.57 Å². The predicted octanol–water partition coefficient (Wildman–Crippen LogP) is 3.70. The molecule has 0 N–H and O–H groups in total. The van der Waals surface area contributed by atoms with Gasteiger partial charge in [-0.1, -0.05) is 42.8 Å². The SMILES string of the molecule is CCCc1nc2c3ccccc3n(Cc3cccc(Cl)c3)c(=O)n2n1. The highest BCUT2D eigenvalue weighted by Crippen LogP contribution is 2.19. The summed E-state index contributed by atoms with van der Waals surface area (Å²) in [7, 11) is 0. The molecule has 0 atom stereocenters. The van der Waals surface area contributed by atoms with Crippen LogP contribution in [0.15, 0.2) is 53.3 Å². The molecule has 0 saturated carbocycles. The second-order valence-electron chi connectivity index (χ2n) is 6.03. The zero-order chi connectivity index (χ0) is 17.4. The molecule has 5 nitrogen and oxygen atoms in total. The summed E-state index contributed by atoms with van der Waals surface area (Å²) >= 11 is 6.09. The first kappa shape index (κ1) is 15.8. The Morgan fingerprint density at radius 1 is 1.12 bits per heavy atom. The molecule has 0 bridgehead atoms. The molecule has 0 fully saturated rings. The molecule has 0 unspecified atom stereocenters. The van der Waals surface area contributed by atoms with Crippen LogP contribution in [-0.4, -0.2) is 19.2 Å². The summed E-state index contributed by atoms with van der Waals surface area (Å²) in [6.45, 7) is 2.50. The Morgan fingerprint density at radius 3 is 2.76 bits per heavy atom. The molecule has 126 valence electrons. The molecule has 0 aliphatic rings. The van der Waals surface area contributed by atoms with Gasteiger partial charge in [0.25, 0.3) is 0 Å². The first-order chi connectivity index (χ1) is 12.2. The fourth-order valence-corrected chi connectivity index (χ4v) is 3.29. The second-order valence-corrected chi connectivity index (χ2v) is 6.47. The van der Waals surface area contributed by atoms with Crippen molar-refractivity contribution in [3.8, 4) is 0 Å². The Hall–Kier alpha value is -2.66. The van der Waals surface area contributed by atoms with Crippen LogP contribution < -0.4 is 5.69 Å². The van der Waals surface area contributed by atoms with Crippen LogP contribution in [0.1, 0.15) is 24.7 Å². The number of fused-ring (bicyclic) bond motifs is 3. The lowest BCUT2D eigenvalue weighted by Crippen LogP contribution is -2.28. The van der Waals surface area contributed by atoms with Gasteiger partial charge in [-0.25, -0.2) is 9.78 Å². The molecule has 0 saturated heterocycles. The van der Waals surface area contributed by atoms with Crippen molar-refractivity contribution < 1.29 is 0 Å². The van der Waals surface area contributed by atoms with E-state index in [0.717, 1.165) is 29.3 Å². The summed E-state index contributed by atoms with van der Waals surface area (Å²) in [5.74, 6) is 0.699. The number of aromatic nitrogens is 4. The molecule has 4 rings (SSSR count). The van der Waals surface area contributed by atoms with Crippen LogP contribution in [0.2, 0.25) is 5.02 Å². The van der Waals surface area contributed by atoms with Gasteiger partial charge in [0.1, 0.15) is 0 Å². The molecular formula is C19H17ClN4O. The van der Waals surface area contributed by atoms with Gasteiger partial charge >= 0.3 is 5.69 Å². The molecule has 0 radical (unpaired) electrons. The highest BCUT2D eigenvalue weighted by Gasteiger charge is 2.14. The van der Waals surface area contributed by atoms with Crippen molar-refractivity contribution in [3.63, 3.8) is 0 Å². The number of para-hydroxylation sites is 1. The van der Waals surface area contributed by atoms with Gasteiger partial charge in [-0.15, -0.1) is 5.10 Å². The highest BCUT2D eigenvalue weighted by atomic mass is 35.5. The van der Waals surface area contributed by atoms with Crippen molar-refractivity contribution in [2.24, 2.45) is 0 Å². The average Bonchev–Trinajstić information content (AvgIpc) is 3.03. The van der Waals surface area contributed by atoms with Crippen LogP contribution in [0.3, 0.4) is 0 Å². The highest BCUT2D eigenvalue weighted by molar-refractivity contribution is 6.30. The van der Waals surface area contributed by atoms with E-state index in [-0.39, 0.29) is 5.69 Å². The summed E-state index contributed by atoms with van der Waals surface area (Å²) in [4.78, 5) is 17.6. The van der Waals surface area contributed by atoms with E-state index in [9.17, 15) is 4.79 Å². The molecule has 0 aliphatic heterocycles. The summed E-state index contributed by atoms with van der Waals surface area (Å²) in [6.07, 6.45) is 1.69. The standard InChI is InChI=1S/C19H17ClN4O/c1-2-6-17-21-18-15-9-3-4-10-16(15)23(19(25)24(18)22-17)12-13-7-5-8-14(20)11-13/h3-5,7-11H,2,6,12H2,1H3. The normalized spacial score (nSPS) is 11.4. The van der Waals surface area contributed by atoms with Crippen molar-refractivity contribution in [1.29, 1.82) is 0 Å². The van der Waals surface area contributed by atoms with E-state index in [1.165, 1.54) is 4.52 Å². The molecule has 0 aliphatic carbocycles. The molecule has 25 heavy (non-hydrogen) atoms. The van der Waals surface area contributed by atoms with Gasteiger partial charge < -0.3 is 0 Å². The third kappa shape index (κ3) is 2.81. The minimum Gasteiger partial charge on any atom is -0.287 e. The lowest BCUT2D eigenvalue weighted by atomic mass is 10.2. The number of halogens is 1. The predicted molar refractivity (Wildman–Crippen MR) is 99.3 cm³/mol. The summed E-state index contributed by atoms with van der Waals surface area (Å²) in [5.41, 5.74) is 2.23. The molecule has 4 aromatic rings. The Kier molecular flexibility index (Phi) is 4.01. The minimum absolute atomic E-state index is 0.191. The molecule has 6 heteroatoms. The van der Waals surface area contributed by atoms with Crippen molar-refractivity contribution in [3.05, 3.63) is 75.4 Å². The van der Waals surface area contributed by atoms with Crippen LogP contribution >= 0.6 is 11.6 Å². The van der Waals surface area contributed by atoms with Crippen molar-refractivity contribution in [1.82, 2.24) is 19.2 Å². The summed E-state index contributed by atoms with van der Waals surface area (Å²) in [5, 5.41) is 5.99. The van der Waals surface area contributed by atoms with Crippen LogP contribution in [-0.2, 0) is 13.0 Å². The van der Waals surface area contributed by atoms with Gasteiger partial charge in [0.05, 0.1) is 12.1 Å². The number of hydrogen-bond donors (Lipinski definition) is 0. The molecule has 2 aromatic heterocycles. The number of nitrogens with zero attached hydrogens (tertiary/aromatic N) is 4. The smallest absolute Gasteiger partial charge is 0.287 e. The Bertz CT molecular complexity index is 1130. The minimum atomic E-state index is -0.191. The van der Waals surface area contributed by atoms with E-state index in [2.05, 4.69) is 17.0 Å². The van der Waals surface area contributed by atoms with Gasteiger partial charge in [0.15, 0.2) is 11.5 Å². The van der Waals surface area contributed by atoms with Gasteiger partial charge in [-0.3, -0.25) is 4.57 Å². The average molecular weight is 353 g/mol. The van der Waals surface area contributed by atoms with Crippen LogP contribution in [0.25, 0.3) is 16.6 Å². The maximum Gasteiger partial charge on any atom is 0.351 e. The number of aryl methyl sites for hydroxylation is 1. The zero-order valence-electron chi connectivity index (χ0n) is 13.8. The number of benzene rings is 2. The van der Waals surface area contributed by atoms with Gasteiger partial charge in [0, 0.05) is 16.8 Å². The third-order valence-corrected chi connectivity index (χ3v) is 4.44. The maximum absolute atomic E-state index is 13.0. The molecule has 2 aromatic carbocycles. The summed E-state index contributed by atoms with van der Waals surface area (Å²) in [6, 6.07) is 15.3. The Balaban J connectivity index is 1.98. The summed E-state index contributed by atoms with van der Waals surface area (Å²) < 4.78 is 3.14. The lowest BCUT2D eigenvalue weighted by Gasteiger charge is -2.11. The van der Waals surface area contributed by atoms with Gasteiger partial charge in [-0.05, 0) is 36.2 Å². The van der Waals surface area contributed by atoms with Crippen molar-refractivity contribution in [2.75, 3.05) is 0 Å². The van der Waals surface area contributed by atoms with Crippen molar-refractivity contribution in [2.45, 2.75) is 26.3 Å². The van der Waals surface area contributed by atoms with E-state index >= 15 is 0 Å². The maximum atomic E-state index is 13.0. The first-order valence-electron chi connectivity index (χ1n) is 8.29. The van der Waals surface area contributed by atoms with E-state index in [4.69, 9.17) is 11.6 Å². The van der Waals surface area contributed by atoms with E-state index in [1.807, 2.05) is 48.5 Å². The number of hydrogen-bond acceptors (Lipinski definition) is 3. The molecular weight excluding hydrogens is 336 g/mol. The topological polar surface area (TPSA) is 52.2 Å². The number of rotatable bonds is 4. The van der Waals surface area contributed by atoms with Crippen LogP contribution in [0.4, 0.5) is 0 Å². The van der Waals surface area contributed by atoms with E-state index in [0.29, 0.717) is 23.0 Å². The van der Waals surface area contributed by atoms with E-state index < -0.39 is 0 Å². The second kappa shape index (κ2) is 6.33. The quantitative estimate of drug-likeness (QED) is 0.562. The van der Waals surface area contributed by atoms with Crippen molar-refractivity contribution >= 4 is 28.2 Å². The molecule has 0 amide bonds. The Labute approximate surface area is 149 Å². The molecule has 0 spiro atoms. The van der Waals surface area contributed by atoms with Gasteiger partial charge in [-0.2, -0.15) is 4.52 Å². The monoisotopic (exact) mass is 352 g/mol. The lowest BCUT2D eigenvalue weighted by molar-refractivity contribution is 0.705. The largest absolute Gasteiger partial charge is 0.351 e.